The van der Waals surface area contributed by atoms with Crippen molar-refractivity contribution in [2.45, 2.75) is 83.3 Å². The van der Waals surface area contributed by atoms with E-state index in [1.165, 1.54) is 7.11 Å². The molecule has 4 saturated heterocycles. The molecule has 6 rings (SSSR count). The third-order valence-electron chi connectivity index (χ3n) is 8.49. The van der Waals surface area contributed by atoms with Crippen LogP contribution in [0.15, 0.2) is 18.2 Å². The summed E-state index contributed by atoms with van der Waals surface area (Å²) >= 11 is 0. The third-order valence-corrected chi connectivity index (χ3v) is 8.49. The van der Waals surface area contributed by atoms with Gasteiger partial charge in [0.05, 0.1) is 13.7 Å². The van der Waals surface area contributed by atoms with E-state index in [9.17, 15) is 9.90 Å². The van der Waals surface area contributed by atoms with Crippen molar-refractivity contribution < 1.29 is 38.6 Å². The van der Waals surface area contributed by atoms with Crippen LogP contribution in [0.2, 0.25) is 0 Å². The Bertz CT molecular complexity index is 920. The molecule has 8 nitrogen and oxygen atoms in total. The van der Waals surface area contributed by atoms with E-state index in [0.29, 0.717) is 24.2 Å². The number of hydrogen-bond acceptors (Lipinski definition) is 7. The van der Waals surface area contributed by atoms with Crippen molar-refractivity contribution >= 4 is 5.97 Å². The maximum absolute atomic E-state index is 11.3. The fourth-order valence-electron chi connectivity index (χ4n) is 6.61. The first kappa shape index (κ1) is 24.0. The summed E-state index contributed by atoms with van der Waals surface area (Å²) < 4.78 is 24.3. The van der Waals surface area contributed by atoms with Crippen molar-refractivity contribution in [3.8, 4) is 5.75 Å². The summed E-state index contributed by atoms with van der Waals surface area (Å²) in [7, 11) is 1.48. The fourth-order valence-corrected chi connectivity index (χ4v) is 6.61. The first-order chi connectivity index (χ1) is 16.3. The first-order valence-electron chi connectivity index (χ1n) is 12.5. The number of methoxy groups -OCH3 is 1. The monoisotopic (exact) mass is 476 g/mol. The topological polar surface area (TPSA) is 92.7 Å². The third kappa shape index (κ3) is 3.93. The summed E-state index contributed by atoms with van der Waals surface area (Å²) in [6.45, 7) is 6.95. The highest BCUT2D eigenvalue weighted by atomic mass is 17.3. The lowest BCUT2D eigenvalue weighted by molar-refractivity contribution is -0.577. The molecule has 34 heavy (non-hydrogen) atoms. The van der Waals surface area contributed by atoms with Gasteiger partial charge in [-0.1, -0.05) is 19.9 Å². The van der Waals surface area contributed by atoms with E-state index in [-0.39, 0.29) is 23.7 Å². The number of carboxylic acids is 1. The normalized spacial score (nSPS) is 40.9. The average Bonchev–Trinajstić information content (AvgIpc) is 3.05. The Morgan fingerprint density at radius 2 is 2.00 bits per heavy atom. The molecule has 188 valence electrons. The smallest absolute Gasteiger partial charge is 0.339 e. The van der Waals surface area contributed by atoms with E-state index in [1.54, 1.807) is 12.1 Å². The standard InChI is InChI=1S/C26H36O8/c1-15-7-10-20-16(2)23(31-24-26(20)19(15)11-12-25(3,32-24)33-34-26)30-13-5-6-17-8-9-18(22(27)28)21(14-17)29-4/h8-9,14-16,19-20,23-24H,5-7,10-13H2,1-4H3,(H,27,28)/t15-,16-,19+,20+,23+,24-,25-,26-/m1/s1. The second kappa shape index (κ2) is 9.06. The van der Waals surface area contributed by atoms with E-state index in [0.717, 1.165) is 44.1 Å². The molecule has 8 atom stereocenters. The Morgan fingerprint density at radius 3 is 2.76 bits per heavy atom. The van der Waals surface area contributed by atoms with Crippen molar-refractivity contribution in [1.29, 1.82) is 0 Å². The van der Waals surface area contributed by atoms with E-state index < -0.39 is 23.6 Å². The SMILES string of the molecule is COc1cc(CCCO[C@H]2O[C@@H]3O[C@@]4(C)CC[C@H]5[C@H](C)CC[C@@H]([C@H]2C)[C@@]35OO4)ccc1C(=O)O. The molecule has 4 aliphatic heterocycles. The first-order valence-corrected chi connectivity index (χ1v) is 12.5. The van der Waals surface area contributed by atoms with Gasteiger partial charge in [-0.15, -0.1) is 0 Å². The molecule has 0 amide bonds. The predicted octanol–water partition coefficient (Wildman–Crippen LogP) is 4.55. The zero-order valence-electron chi connectivity index (χ0n) is 20.5. The van der Waals surface area contributed by atoms with E-state index in [1.807, 2.05) is 13.0 Å². The molecule has 8 heteroatoms. The van der Waals surface area contributed by atoms with Crippen LogP contribution in [0.1, 0.15) is 68.8 Å². The largest absolute Gasteiger partial charge is 0.496 e. The van der Waals surface area contributed by atoms with Gasteiger partial charge in [0.1, 0.15) is 11.3 Å². The van der Waals surface area contributed by atoms with Gasteiger partial charge in [0.25, 0.3) is 0 Å². The highest BCUT2D eigenvalue weighted by Crippen LogP contribution is 2.60. The summed E-state index contributed by atoms with van der Waals surface area (Å²) in [5, 5.41) is 9.26. The Morgan fingerprint density at radius 1 is 1.18 bits per heavy atom. The molecule has 5 fully saturated rings. The highest BCUT2D eigenvalue weighted by molar-refractivity contribution is 5.90. The number of aryl methyl sites for hydroxylation is 1. The summed E-state index contributed by atoms with van der Waals surface area (Å²) in [6.07, 6.45) is 4.66. The predicted molar refractivity (Wildman–Crippen MR) is 121 cm³/mol. The molecule has 1 spiro atoms. The van der Waals surface area contributed by atoms with Crippen LogP contribution < -0.4 is 4.74 Å². The number of carbonyl (C=O) groups is 1. The van der Waals surface area contributed by atoms with Crippen molar-refractivity contribution in [3.05, 3.63) is 29.3 Å². The van der Waals surface area contributed by atoms with Gasteiger partial charge in [0, 0.05) is 18.3 Å². The van der Waals surface area contributed by atoms with Crippen molar-refractivity contribution in [3.63, 3.8) is 0 Å². The lowest BCUT2D eigenvalue weighted by atomic mass is 9.58. The minimum atomic E-state index is -0.995. The maximum Gasteiger partial charge on any atom is 0.339 e. The summed E-state index contributed by atoms with van der Waals surface area (Å²) in [5.41, 5.74) is 0.600. The molecule has 1 saturated carbocycles. The summed E-state index contributed by atoms with van der Waals surface area (Å²) in [5.74, 6) is -0.146. The van der Waals surface area contributed by atoms with Crippen molar-refractivity contribution in [2.24, 2.45) is 23.7 Å². The molecule has 0 radical (unpaired) electrons. The van der Waals surface area contributed by atoms with Crippen LogP contribution in [0.5, 0.6) is 5.75 Å². The number of hydrogen-bond donors (Lipinski definition) is 1. The van der Waals surface area contributed by atoms with Gasteiger partial charge in [0.2, 0.25) is 5.79 Å². The van der Waals surface area contributed by atoms with Gasteiger partial charge in [-0.25, -0.2) is 14.6 Å². The Kier molecular flexibility index (Phi) is 6.40. The molecular weight excluding hydrogens is 440 g/mol. The molecule has 1 aromatic rings. The molecule has 5 aliphatic rings. The number of benzene rings is 1. The number of ether oxygens (including phenoxy) is 4. The molecule has 0 unspecified atom stereocenters. The molecule has 1 aliphatic carbocycles. The fraction of sp³-hybridized carbons (Fsp3) is 0.731. The maximum atomic E-state index is 11.3. The van der Waals surface area contributed by atoms with Crippen LogP contribution in [0.4, 0.5) is 0 Å². The highest BCUT2D eigenvalue weighted by Gasteiger charge is 2.69. The average molecular weight is 477 g/mol. The van der Waals surface area contributed by atoms with E-state index >= 15 is 0 Å². The van der Waals surface area contributed by atoms with Gasteiger partial charge in [-0.05, 0) is 68.6 Å². The van der Waals surface area contributed by atoms with Gasteiger partial charge < -0.3 is 24.1 Å². The van der Waals surface area contributed by atoms with Crippen molar-refractivity contribution in [1.82, 2.24) is 0 Å². The Hall–Kier alpha value is -1.71. The molecule has 4 heterocycles. The Labute approximate surface area is 200 Å². The van der Waals surface area contributed by atoms with Gasteiger partial charge in [-0.2, -0.15) is 0 Å². The molecular formula is C26H36O8. The summed E-state index contributed by atoms with van der Waals surface area (Å²) in [4.78, 5) is 23.3. The van der Waals surface area contributed by atoms with Gasteiger partial charge in [-0.3, -0.25) is 0 Å². The molecule has 2 bridgehead atoms. The lowest BCUT2D eigenvalue weighted by Gasteiger charge is -2.60. The number of fused-ring (bicyclic) bond motifs is 2. The number of rotatable bonds is 7. The Balaban J connectivity index is 1.24. The zero-order chi connectivity index (χ0) is 24.1. The molecule has 1 N–H and O–H groups in total. The second-order valence-corrected chi connectivity index (χ2v) is 10.6. The van der Waals surface area contributed by atoms with Crippen LogP contribution in [0.3, 0.4) is 0 Å². The minimum absolute atomic E-state index is 0.149. The minimum Gasteiger partial charge on any atom is -0.496 e. The van der Waals surface area contributed by atoms with E-state index in [2.05, 4.69) is 13.8 Å². The number of aromatic carboxylic acids is 1. The molecule has 0 aromatic heterocycles. The van der Waals surface area contributed by atoms with Crippen molar-refractivity contribution in [2.75, 3.05) is 13.7 Å². The quantitative estimate of drug-likeness (QED) is 0.453. The van der Waals surface area contributed by atoms with Crippen LogP contribution in [0.25, 0.3) is 0 Å². The second-order valence-electron chi connectivity index (χ2n) is 10.6. The summed E-state index contributed by atoms with van der Waals surface area (Å²) in [6, 6.07) is 5.20. The van der Waals surface area contributed by atoms with Gasteiger partial charge in [0.15, 0.2) is 18.2 Å². The lowest BCUT2D eigenvalue weighted by Crippen LogP contribution is -2.70. The van der Waals surface area contributed by atoms with Crippen LogP contribution >= 0.6 is 0 Å². The number of carboxylic acid groups (broad SMARTS) is 1. The van der Waals surface area contributed by atoms with Crippen LogP contribution in [0, 0.1) is 23.7 Å². The van der Waals surface area contributed by atoms with Gasteiger partial charge >= 0.3 is 5.97 Å². The van der Waals surface area contributed by atoms with E-state index in [4.69, 9.17) is 28.7 Å². The zero-order valence-corrected chi connectivity index (χ0v) is 20.5. The van der Waals surface area contributed by atoms with Crippen LogP contribution in [-0.2, 0) is 30.4 Å². The molecule has 1 aromatic carbocycles. The van der Waals surface area contributed by atoms with Crippen LogP contribution in [-0.4, -0.2) is 48.8 Å².